The van der Waals surface area contributed by atoms with Crippen LogP contribution in [0.5, 0.6) is 5.75 Å². The molecule has 0 atom stereocenters. The molecule has 1 aromatic heterocycles. The van der Waals surface area contributed by atoms with Crippen molar-refractivity contribution in [2.75, 3.05) is 18.6 Å². The zero-order chi connectivity index (χ0) is 14.0. The number of nitrogens with zero attached hydrogens (tertiary/aromatic N) is 2. The van der Waals surface area contributed by atoms with Crippen LogP contribution in [-0.2, 0) is 6.54 Å². The Labute approximate surface area is 111 Å². The molecule has 0 saturated heterocycles. The Morgan fingerprint density at radius 1 is 1.42 bits per heavy atom. The number of imidazole rings is 1. The maximum Gasteiger partial charge on any atom is 0.441 e. The molecule has 1 aromatic carbocycles. The van der Waals surface area contributed by atoms with Gasteiger partial charge in [0.2, 0.25) is 5.95 Å². The summed E-state index contributed by atoms with van der Waals surface area (Å²) in [5, 5.41) is 0. The van der Waals surface area contributed by atoms with E-state index in [4.69, 9.17) is 10.5 Å². The fourth-order valence-electron chi connectivity index (χ4n) is 1.74. The highest BCUT2D eigenvalue weighted by Gasteiger charge is 2.27. The van der Waals surface area contributed by atoms with Crippen molar-refractivity contribution in [2.45, 2.75) is 12.1 Å². The molecule has 0 amide bonds. The fourth-order valence-corrected chi connectivity index (χ4v) is 2.24. The highest BCUT2D eigenvalue weighted by molar-refractivity contribution is 8.00. The fraction of sp³-hybridized carbons (Fsp3) is 0.364. The van der Waals surface area contributed by atoms with E-state index in [1.165, 1.54) is 7.11 Å². The number of thioether (sulfide) groups is 1. The van der Waals surface area contributed by atoms with Crippen LogP contribution in [0.25, 0.3) is 11.0 Å². The third kappa shape index (κ3) is 3.25. The molecule has 2 rings (SSSR count). The first kappa shape index (κ1) is 13.9. The van der Waals surface area contributed by atoms with E-state index >= 15 is 0 Å². The summed E-state index contributed by atoms with van der Waals surface area (Å²) in [7, 11) is 1.52. The highest BCUT2D eigenvalue weighted by atomic mass is 32.2. The second-order valence-electron chi connectivity index (χ2n) is 3.77. The predicted octanol–water partition coefficient (Wildman–Crippen LogP) is 2.88. The van der Waals surface area contributed by atoms with E-state index in [1.807, 2.05) is 0 Å². The summed E-state index contributed by atoms with van der Waals surface area (Å²) >= 11 is -0.0764. The van der Waals surface area contributed by atoms with E-state index in [9.17, 15) is 13.2 Å². The molecule has 0 aliphatic heterocycles. The molecule has 104 valence electrons. The molecule has 0 fully saturated rings. The first-order chi connectivity index (χ1) is 8.90. The number of rotatable bonds is 4. The Morgan fingerprint density at radius 3 is 2.79 bits per heavy atom. The lowest BCUT2D eigenvalue weighted by molar-refractivity contribution is -0.0328. The zero-order valence-corrected chi connectivity index (χ0v) is 10.9. The van der Waals surface area contributed by atoms with Crippen molar-refractivity contribution in [3.8, 4) is 5.75 Å². The van der Waals surface area contributed by atoms with Gasteiger partial charge < -0.3 is 15.0 Å². The van der Waals surface area contributed by atoms with Gasteiger partial charge >= 0.3 is 5.51 Å². The van der Waals surface area contributed by atoms with Gasteiger partial charge in [0.25, 0.3) is 0 Å². The maximum atomic E-state index is 12.1. The first-order valence-corrected chi connectivity index (χ1v) is 6.40. The quantitative estimate of drug-likeness (QED) is 0.941. The normalized spacial score (nSPS) is 12.0. The standard InChI is InChI=1S/C11H12F3N3OS/c1-18-7-2-3-8-9(6-7)17(10(15)16-8)4-5-19-11(12,13)14/h2-3,6H,4-5H2,1H3,(H2,15,16). The third-order valence-corrected chi connectivity index (χ3v) is 3.28. The molecule has 2 aromatic rings. The van der Waals surface area contributed by atoms with Crippen molar-refractivity contribution >= 4 is 28.7 Å². The van der Waals surface area contributed by atoms with Crippen molar-refractivity contribution in [1.82, 2.24) is 9.55 Å². The zero-order valence-electron chi connectivity index (χ0n) is 10.1. The van der Waals surface area contributed by atoms with Gasteiger partial charge in [-0.3, -0.25) is 0 Å². The molecule has 2 N–H and O–H groups in total. The summed E-state index contributed by atoms with van der Waals surface area (Å²) in [6, 6.07) is 5.15. The Bertz CT molecular complexity index is 582. The van der Waals surface area contributed by atoms with Gasteiger partial charge in [-0.2, -0.15) is 13.2 Å². The lowest BCUT2D eigenvalue weighted by atomic mass is 10.3. The maximum absolute atomic E-state index is 12.1. The molecular weight excluding hydrogens is 279 g/mol. The Hall–Kier alpha value is -1.57. The van der Waals surface area contributed by atoms with Crippen molar-refractivity contribution in [2.24, 2.45) is 0 Å². The largest absolute Gasteiger partial charge is 0.497 e. The van der Waals surface area contributed by atoms with Crippen LogP contribution in [0.15, 0.2) is 18.2 Å². The number of aryl methyl sites for hydroxylation is 1. The number of hydrogen-bond acceptors (Lipinski definition) is 4. The summed E-state index contributed by atoms with van der Waals surface area (Å²) in [5.41, 5.74) is 2.78. The van der Waals surface area contributed by atoms with Crippen LogP contribution in [0.3, 0.4) is 0 Å². The summed E-state index contributed by atoms with van der Waals surface area (Å²) in [6.45, 7) is 0.139. The molecule has 0 saturated carbocycles. The van der Waals surface area contributed by atoms with E-state index < -0.39 is 5.51 Å². The minimum absolute atomic E-state index is 0.0764. The van der Waals surface area contributed by atoms with Gasteiger partial charge in [-0.05, 0) is 23.9 Å². The lowest BCUT2D eigenvalue weighted by Gasteiger charge is -2.08. The second kappa shape index (κ2) is 5.20. The van der Waals surface area contributed by atoms with E-state index in [0.717, 1.165) is 0 Å². The third-order valence-electron chi connectivity index (χ3n) is 2.57. The Balaban J connectivity index is 2.23. The summed E-state index contributed by atoms with van der Waals surface area (Å²) in [6.07, 6.45) is 0. The van der Waals surface area contributed by atoms with Crippen molar-refractivity contribution in [1.29, 1.82) is 0 Å². The van der Waals surface area contributed by atoms with Crippen molar-refractivity contribution in [3.05, 3.63) is 18.2 Å². The molecule has 0 radical (unpaired) electrons. The molecule has 4 nitrogen and oxygen atoms in total. The number of hydrogen-bond donors (Lipinski definition) is 1. The SMILES string of the molecule is COc1ccc2nc(N)n(CCSC(F)(F)F)c2c1. The summed E-state index contributed by atoms with van der Waals surface area (Å²) in [5.74, 6) is 0.694. The van der Waals surface area contributed by atoms with Gasteiger partial charge in [0.15, 0.2) is 0 Å². The van der Waals surface area contributed by atoms with Gasteiger partial charge in [-0.25, -0.2) is 4.98 Å². The molecule has 8 heteroatoms. The molecule has 0 aliphatic rings. The average Bonchev–Trinajstić information content (AvgIpc) is 2.63. The van der Waals surface area contributed by atoms with Crippen molar-refractivity contribution < 1.29 is 17.9 Å². The number of anilines is 1. The van der Waals surface area contributed by atoms with Gasteiger partial charge in [0, 0.05) is 18.4 Å². The Morgan fingerprint density at radius 2 is 2.16 bits per heavy atom. The Kier molecular flexibility index (Phi) is 3.79. The van der Waals surface area contributed by atoms with Crippen LogP contribution in [0.4, 0.5) is 19.1 Å². The first-order valence-electron chi connectivity index (χ1n) is 5.41. The van der Waals surface area contributed by atoms with Crippen LogP contribution in [0.2, 0.25) is 0 Å². The van der Waals surface area contributed by atoms with Crippen molar-refractivity contribution in [3.63, 3.8) is 0 Å². The highest BCUT2D eigenvalue weighted by Crippen LogP contribution is 2.31. The van der Waals surface area contributed by atoms with E-state index in [-0.39, 0.29) is 30.0 Å². The molecule has 0 unspecified atom stereocenters. The number of ether oxygens (including phenoxy) is 1. The van der Waals surface area contributed by atoms with Crippen LogP contribution in [-0.4, -0.2) is 27.9 Å². The van der Waals surface area contributed by atoms with Crippen LogP contribution < -0.4 is 10.5 Å². The smallest absolute Gasteiger partial charge is 0.441 e. The van der Waals surface area contributed by atoms with Gasteiger partial charge in [-0.15, -0.1) is 0 Å². The molecule has 19 heavy (non-hydrogen) atoms. The van der Waals surface area contributed by atoms with E-state index in [0.29, 0.717) is 16.8 Å². The summed E-state index contributed by atoms with van der Waals surface area (Å²) < 4.78 is 42.9. The number of nitrogens with two attached hydrogens (primary N) is 1. The number of alkyl halides is 3. The van der Waals surface area contributed by atoms with Crippen LogP contribution >= 0.6 is 11.8 Å². The number of halogens is 3. The number of methoxy groups -OCH3 is 1. The van der Waals surface area contributed by atoms with Gasteiger partial charge in [0.05, 0.1) is 18.1 Å². The lowest BCUT2D eigenvalue weighted by Crippen LogP contribution is -2.09. The van der Waals surface area contributed by atoms with Gasteiger partial charge in [0.1, 0.15) is 5.75 Å². The number of aromatic nitrogens is 2. The summed E-state index contributed by atoms with van der Waals surface area (Å²) in [4.78, 5) is 4.10. The molecule has 0 spiro atoms. The second-order valence-corrected chi connectivity index (χ2v) is 4.93. The average molecular weight is 291 g/mol. The number of nitrogen functional groups attached to an aromatic ring is 1. The molecule has 1 heterocycles. The minimum Gasteiger partial charge on any atom is -0.497 e. The molecule has 0 bridgehead atoms. The number of fused-ring (bicyclic) bond motifs is 1. The van der Waals surface area contributed by atoms with Gasteiger partial charge in [-0.1, -0.05) is 0 Å². The van der Waals surface area contributed by atoms with Crippen LogP contribution in [0, 0.1) is 0 Å². The van der Waals surface area contributed by atoms with E-state index in [2.05, 4.69) is 4.98 Å². The minimum atomic E-state index is -4.23. The predicted molar refractivity (Wildman–Crippen MR) is 69.2 cm³/mol. The molecule has 0 aliphatic carbocycles. The van der Waals surface area contributed by atoms with Crippen LogP contribution in [0.1, 0.15) is 0 Å². The molecular formula is C11H12F3N3OS. The van der Waals surface area contributed by atoms with E-state index in [1.54, 1.807) is 22.8 Å². The monoisotopic (exact) mass is 291 g/mol. The topological polar surface area (TPSA) is 53.1 Å². The number of benzene rings is 1.